The van der Waals surface area contributed by atoms with Crippen LogP contribution in [0.5, 0.6) is 0 Å². The van der Waals surface area contributed by atoms with Crippen molar-refractivity contribution in [2.24, 2.45) is 0 Å². The average molecular weight is 296 g/mol. The molecule has 0 radical (unpaired) electrons. The first-order valence-electron chi connectivity index (χ1n) is 7.92. The second kappa shape index (κ2) is 9.55. The summed E-state index contributed by atoms with van der Waals surface area (Å²) in [5, 5.41) is 0. The molecule has 1 aliphatic carbocycles. The van der Waals surface area contributed by atoms with Gasteiger partial charge in [0.25, 0.3) is 0 Å². The zero-order valence-corrected chi connectivity index (χ0v) is 13.6. The largest absolute Gasteiger partial charge is 0.466 e. The summed E-state index contributed by atoms with van der Waals surface area (Å²) in [4.78, 5) is 27.5. The Morgan fingerprint density at radius 2 is 2.05 bits per heavy atom. The van der Waals surface area contributed by atoms with Gasteiger partial charge in [-0.15, -0.1) is 0 Å². The van der Waals surface area contributed by atoms with Crippen molar-refractivity contribution in [3.8, 4) is 0 Å². The molecule has 1 amide bonds. The van der Waals surface area contributed by atoms with Gasteiger partial charge in [-0.25, -0.2) is 0 Å². The lowest BCUT2D eigenvalue weighted by Gasteiger charge is -2.28. The van der Waals surface area contributed by atoms with Gasteiger partial charge in [-0.2, -0.15) is 0 Å². The van der Waals surface area contributed by atoms with E-state index in [4.69, 9.17) is 4.74 Å². The van der Waals surface area contributed by atoms with E-state index in [2.05, 4.69) is 6.08 Å². The molecule has 21 heavy (non-hydrogen) atoms. The number of nitrogens with zero attached hydrogens (tertiary/aromatic N) is 2. The second-order valence-corrected chi connectivity index (χ2v) is 5.37. The second-order valence-electron chi connectivity index (χ2n) is 5.37. The number of hydrogen-bond acceptors (Lipinski definition) is 4. The normalized spacial score (nSPS) is 14.8. The third-order valence-electron chi connectivity index (χ3n) is 3.64. The lowest BCUT2D eigenvalue weighted by molar-refractivity contribution is -0.143. The molecule has 0 aromatic heterocycles. The minimum Gasteiger partial charge on any atom is -0.466 e. The minimum absolute atomic E-state index is 0.108. The number of likely N-dealkylation sites (N-methyl/N-ethyl adjacent to an activating group) is 2. The van der Waals surface area contributed by atoms with E-state index in [1.807, 2.05) is 23.8 Å². The van der Waals surface area contributed by atoms with Crippen molar-refractivity contribution >= 4 is 11.9 Å². The number of carbonyl (C=O) groups is 2. The third-order valence-corrected chi connectivity index (χ3v) is 3.64. The van der Waals surface area contributed by atoms with Crippen molar-refractivity contribution in [3.05, 3.63) is 11.8 Å². The van der Waals surface area contributed by atoms with Gasteiger partial charge in [-0.1, -0.05) is 6.08 Å². The van der Waals surface area contributed by atoms with Crippen LogP contribution in [0.2, 0.25) is 0 Å². The first-order chi connectivity index (χ1) is 10.1. The Kier molecular flexibility index (Phi) is 8.05. The van der Waals surface area contributed by atoms with Crippen LogP contribution in [0, 0.1) is 0 Å². The summed E-state index contributed by atoms with van der Waals surface area (Å²) in [6.07, 6.45) is 6.95. The monoisotopic (exact) mass is 296 g/mol. The molecule has 0 fully saturated rings. The van der Waals surface area contributed by atoms with Crippen LogP contribution >= 0.6 is 0 Å². The van der Waals surface area contributed by atoms with Gasteiger partial charge >= 0.3 is 5.97 Å². The van der Waals surface area contributed by atoms with Crippen LogP contribution in [0.3, 0.4) is 0 Å². The van der Waals surface area contributed by atoms with E-state index < -0.39 is 0 Å². The molecule has 0 N–H and O–H groups in total. The zero-order chi connectivity index (χ0) is 15.7. The average Bonchev–Trinajstić information content (AvgIpc) is 2.47. The molecule has 0 aromatic carbocycles. The summed E-state index contributed by atoms with van der Waals surface area (Å²) in [5.74, 6) is -0.101. The molecule has 0 saturated carbocycles. The predicted molar refractivity (Wildman–Crippen MR) is 82.7 cm³/mol. The van der Waals surface area contributed by atoms with E-state index in [0.717, 1.165) is 25.0 Å². The Bertz CT molecular complexity index is 380. The first-order valence-corrected chi connectivity index (χ1v) is 7.92. The van der Waals surface area contributed by atoms with Gasteiger partial charge in [-0.05, 0) is 46.6 Å². The first kappa shape index (κ1) is 17.7. The van der Waals surface area contributed by atoms with E-state index in [-0.39, 0.29) is 11.9 Å². The number of esters is 1. The molecule has 0 saturated heterocycles. The highest BCUT2D eigenvalue weighted by atomic mass is 16.5. The zero-order valence-electron chi connectivity index (χ0n) is 13.6. The highest BCUT2D eigenvalue weighted by molar-refractivity contribution is 5.80. The lowest BCUT2D eigenvalue weighted by atomic mass is 10.0. The molecule has 5 nitrogen and oxygen atoms in total. The molecular formula is C16H28N2O3. The van der Waals surface area contributed by atoms with E-state index in [9.17, 15) is 9.59 Å². The van der Waals surface area contributed by atoms with Crippen molar-refractivity contribution in [2.75, 3.05) is 33.3 Å². The van der Waals surface area contributed by atoms with Crippen LogP contribution in [-0.4, -0.2) is 55.0 Å². The minimum atomic E-state index is -0.209. The summed E-state index contributed by atoms with van der Waals surface area (Å²) >= 11 is 0. The maximum absolute atomic E-state index is 12.4. The summed E-state index contributed by atoms with van der Waals surface area (Å²) in [5.41, 5.74) is 1.16. The van der Waals surface area contributed by atoms with Crippen molar-refractivity contribution in [2.45, 2.75) is 46.0 Å². The van der Waals surface area contributed by atoms with Crippen molar-refractivity contribution in [1.82, 2.24) is 9.80 Å². The summed E-state index contributed by atoms with van der Waals surface area (Å²) < 4.78 is 4.89. The topological polar surface area (TPSA) is 49.9 Å². The summed E-state index contributed by atoms with van der Waals surface area (Å²) in [7, 11) is 1.86. The van der Waals surface area contributed by atoms with Crippen molar-refractivity contribution in [1.29, 1.82) is 0 Å². The number of allylic oxidation sites excluding steroid dienone is 2. The molecule has 120 valence electrons. The fraction of sp³-hybridized carbons (Fsp3) is 0.750. The SMILES string of the molecule is CCOC(=O)CCN(C)CC(=O)N(CC)C1=CCCCC1. The van der Waals surface area contributed by atoms with Gasteiger partial charge in [0.1, 0.15) is 0 Å². The van der Waals surface area contributed by atoms with Crippen LogP contribution in [-0.2, 0) is 14.3 Å². The van der Waals surface area contributed by atoms with Crippen molar-refractivity contribution in [3.63, 3.8) is 0 Å². The van der Waals surface area contributed by atoms with Crippen LogP contribution in [0.15, 0.2) is 11.8 Å². The molecule has 1 rings (SSSR count). The fourth-order valence-corrected chi connectivity index (χ4v) is 2.52. The molecule has 0 unspecified atom stereocenters. The standard InChI is InChI=1S/C16H28N2O3/c1-4-18(14-9-7-6-8-10-14)15(19)13-17(3)12-11-16(20)21-5-2/h9H,4-8,10-13H2,1-3H3. The molecular weight excluding hydrogens is 268 g/mol. The maximum Gasteiger partial charge on any atom is 0.307 e. The van der Waals surface area contributed by atoms with Gasteiger partial charge in [0, 0.05) is 18.8 Å². The van der Waals surface area contributed by atoms with Crippen LogP contribution < -0.4 is 0 Å². The fourth-order valence-electron chi connectivity index (χ4n) is 2.52. The van der Waals surface area contributed by atoms with Crippen molar-refractivity contribution < 1.29 is 14.3 Å². The molecule has 0 heterocycles. The quantitative estimate of drug-likeness (QED) is 0.644. The van der Waals surface area contributed by atoms with Gasteiger partial charge in [0.05, 0.1) is 19.6 Å². The van der Waals surface area contributed by atoms with Gasteiger partial charge in [0.15, 0.2) is 0 Å². The highest BCUT2D eigenvalue weighted by Gasteiger charge is 2.19. The summed E-state index contributed by atoms with van der Waals surface area (Å²) in [6, 6.07) is 0. The Balaban J connectivity index is 2.42. The van der Waals surface area contributed by atoms with Crippen LogP contribution in [0.4, 0.5) is 0 Å². The van der Waals surface area contributed by atoms with Gasteiger partial charge in [-0.3, -0.25) is 14.5 Å². The Morgan fingerprint density at radius 1 is 1.29 bits per heavy atom. The van der Waals surface area contributed by atoms with E-state index in [1.165, 1.54) is 6.42 Å². The Labute approximate surface area is 127 Å². The number of hydrogen-bond donors (Lipinski definition) is 0. The molecule has 5 heteroatoms. The highest BCUT2D eigenvalue weighted by Crippen LogP contribution is 2.20. The smallest absolute Gasteiger partial charge is 0.307 e. The van der Waals surface area contributed by atoms with E-state index in [0.29, 0.717) is 32.7 Å². The predicted octanol–water partition coefficient (Wildman–Crippen LogP) is 2.18. The van der Waals surface area contributed by atoms with E-state index >= 15 is 0 Å². The lowest BCUT2D eigenvalue weighted by Crippen LogP contribution is -2.39. The molecule has 0 atom stereocenters. The van der Waals surface area contributed by atoms with Gasteiger partial charge < -0.3 is 9.64 Å². The Morgan fingerprint density at radius 3 is 2.62 bits per heavy atom. The molecule has 0 aromatic rings. The number of amides is 1. The number of ether oxygens (including phenoxy) is 1. The van der Waals surface area contributed by atoms with Crippen LogP contribution in [0.1, 0.15) is 46.0 Å². The molecule has 1 aliphatic rings. The third kappa shape index (κ3) is 6.29. The maximum atomic E-state index is 12.4. The van der Waals surface area contributed by atoms with Gasteiger partial charge in [0.2, 0.25) is 5.91 Å². The summed E-state index contributed by atoms with van der Waals surface area (Å²) in [6.45, 7) is 5.79. The van der Waals surface area contributed by atoms with E-state index in [1.54, 1.807) is 6.92 Å². The molecule has 0 spiro atoms. The van der Waals surface area contributed by atoms with Crippen LogP contribution in [0.25, 0.3) is 0 Å². The molecule has 0 bridgehead atoms. The molecule has 0 aliphatic heterocycles. The Hall–Kier alpha value is -1.36. The number of carbonyl (C=O) groups excluding carboxylic acids is 2. The number of rotatable bonds is 8.